The predicted octanol–water partition coefficient (Wildman–Crippen LogP) is 3.15. The van der Waals surface area contributed by atoms with E-state index in [9.17, 15) is 4.79 Å². The van der Waals surface area contributed by atoms with Crippen molar-refractivity contribution >= 4 is 11.7 Å². The Bertz CT molecular complexity index is 401. The third-order valence-corrected chi connectivity index (χ3v) is 3.09. The van der Waals surface area contributed by atoms with Crippen LogP contribution >= 0.6 is 0 Å². The number of hydrogen-bond acceptors (Lipinski definition) is 2. The van der Waals surface area contributed by atoms with Crippen LogP contribution in [0.1, 0.15) is 32.6 Å². The standard InChI is InChI=1S/C14H20N2O2/c1-2-18-13-9-5-8-12(10-13)16-14(17)15-11-6-3-4-7-11/h5,8-11H,2-4,6-7H2,1H3,(H2,15,16,17). The van der Waals surface area contributed by atoms with E-state index in [2.05, 4.69) is 10.6 Å². The van der Waals surface area contributed by atoms with Crippen molar-refractivity contribution in [2.24, 2.45) is 0 Å². The van der Waals surface area contributed by atoms with E-state index in [4.69, 9.17) is 4.74 Å². The summed E-state index contributed by atoms with van der Waals surface area (Å²) in [4.78, 5) is 11.8. The molecule has 1 saturated carbocycles. The molecule has 2 amide bonds. The van der Waals surface area contributed by atoms with Crippen molar-refractivity contribution in [2.45, 2.75) is 38.6 Å². The van der Waals surface area contributed by atoms with E-state index < -0.39 is 0 Å². The van der Waals surface area contributed by atoms with Crippen LogP contribution in [0.4, 0.5) is 10.5 Å². The number of nitrogens with one attached hydrogen (secondary N) is 2. The summed E-state index contributed by atoms with van der Waals surface area (Å²) in [5.74, 6) is 0.774. The maximum Gasteiger partial charge on any atom is 0.319 e. The fourth-order valence-electron chi connectivity index (χ4n) is 2.25. The van der Waals surface area contributed by atoms with Crippen molar-refractivity contribution in [3.05, 3.63) is 24.3 Å². The molecule has 0 heterocycles. The average molecular weight is 248 g/mol. The van der Waals surface area contributed by atoms with Crippen LogP contribution in [0.5, 0.6) is 5.75 Å². The van der Waals surface area contributed by atoms with Gasteiger partial charge in [0, 0.05) is 17.8 Å². The van der Waals surface area contributed by atoms with Gasteiger partial charge in [-0.25, -0.2) is 4.79 Å². The van der Waals surface area contributed by atoms with Gasteiger partial charge in [0.2, 0.25) is 0 Å². The summed E-state index contributed by atoms with van der Waals surface area (Å²) in [6, 6.07) is 7.64. The highest BCUT2D eigenvalue weighted by Crippen LogP contribution is 2.19. The van der Waals surface area contributed by atoms with Gasteiger partial charge < -0.3 is 15.4 Å². The van der Waals surface area contributed by atoms with E-state index >= 15 is 0 Å². The second-order valence-electron chi connectivity index (χ2n) is 4.54. The second kappa shape index (κ2) is 6.28. The summed E-state index contributed by atoms with van der Waals surface area (Å²) in [7, 11) is 0. The molecule has 1 aromatic rings. The first-order valence-electron chi connectivity index (χ1n) is 6.58. The van der Waals surface area contributed by atoms with Crippen molar-refractivity contribution in [1.82, 2.24) is 5.32 Å². The van der Waals surface area contributed by atoms with E-state index in [-0.39, 0.29) is 6.03 Å². The molecule has 1 aliphatic rings. The number of amides is 2. The van der Waals surface area contributed by atoms with Gasteiger partial charge in [-0.05, 0) is 31.9 Å². The maximum atomic E-state index is 11.8. The number of ether oxygens (including phenoxy) is 1. The number of carbonyl (C=O) groups is 1. The largest absolute Gasteiger partial charge is 0.494 e. The molecular formula is C14H20N2O2. The normalized spacial score (nSPS) is 15.4. The summed E-state index contributed by atoms with van der Waals surface area (Å²) >= 11 is 0. The summed E-state index contributed by atoms with van der Waals surface area (Å²) in [6.07, 6.45) is 4.61. The molecule has 18 heavy (non-hydrogen) atoms. The quantitative estimate of drug-likeness (QED) is 0.860. The van der Waals surface area contributed by atoms with Gasteiger partial charge in [0.1, 0.15) is 5.75 Å². The van der Waals surface area contributed by atoms with Crippen LogP contribution in [0, 0.1) is 0 Å². The second-order valence-corrected chi connectivity index (χ2v) is 4.54. The smallest absolute Gasteiger partial charge is 0.319 e. The fraction of sp³-hybridized carbons (Fsp3) is 0.500. The summed E-state index contributed by atoms with van der Waals surface area (Å²) in [5, 5.41) is 5.83. The highest BCUT2D eigenvalue weighted by molar-refractivity contribution is 5.89. The topological polar surface area (TPSA) is 50.4 Å². The number of urea groups is 1. The molecule has 4 heteroatoms. The molecule has 0 bridgehead atoms. The van der Waals surface area contributed by atoms with Gasteiger partial charge in [0.05, 0.1) is 6.61 Å². The SMILES string of the molecule is CCOc1cccc(NC(=O)NC2CCCC2)c1. The number of rotatable bonds is 4. The average Bonchev–Trinajstić information content (AvgIpc) is 2.82. The van der Waals surface area contributed by atoms with Gasteiger partial charge in [-0.2, -0.15) is 0 Å². The van der Waals surface area contributed by atoms with Crippen LogP contribution in [0.25, 0.3) is 0 Å². The van der Waals surface area contributed by atoms with Crippen molar-refractivity contribution in [2.75, 3.05) is 11.9 Å². The van der Waals surface area contributed by atoms with Gasteiger partial charge in [0.25, 0.3) is 0 Å². The van der Waals surface area contributed by atoms with Gasteiger partial charge in [-0.15, -0.1) is 0 Å². The van der Waals surface area contributed by atoms with Crippen LogP contribution in [-0.2, 0) is 0 Å². The fourth-order valence-corrected chi connectivity index (χ4v) is 2.25. The van der Waals surface area contributed by atoms with E-state index in [1.165, 1.54) is 12.8 Å². The van der Waals surface area contributed by atoms with Crippen LogP contribution in [0.3, 0.4) is 0 Å². The third-order valence-electron chi connectivity index (χ3n) is 3.09. The highest BCUT2D eigenvalue weighted by atomic mass is 16.5. The Morgan fingerprint density at radius 1 is 1.39 bits per heavy atom. The first-order valence-corrected chi connectivity index (χ1v) is 6.58. The molecule has 1 aliphatic carbocycles. The molecule has 1 aromatic carbocycles. The first kappa shape index (κ1) is 12.7. The summed E-state index contributed by atoms with van der Waals surface area (Å²) in [6.45, 7) is 2.56. The summed E-state index contributed by atoms with van der Waals surface area (Å²) in [5.41, 5.74) is 0.761. The van der Waals surface area contributed by atoms with Gasteiger partial charge >= 0.3 is 6.03 Å². The van der Waals surface area contributed by atoms with Crippen molar-refractivity contribution in [1.29, 1.82) is 0 Å². The lowest BCUT2D eigenvalue weighted by Crippen LogP contribution is -2.36. The van der Waals surface area contributed by atoms with Crippen molar-refractivity contribution < 1.29 is 9.53 Å². The molecule has 0 unspecified atom stereocenters. The molecule has 0 atom stereocenters. The minimum atomic E-state index is -0.129. The molecule has 0 spiro atoms. The Kier molecular flexibility index (Phi) is 4.45. The van der Waals surface area contributed by atoms with E-state index in [1.807, 2.05) is 31.2 Å². The zero-order valence-electron chi connectivity index (χ0n) is 10.7. The molecule has 0 aliphatic heterocycles. The molecule has 0 radical (unpaired) electrons. The van der Waals surface area contributed by atoms with Crippen molar-refractivity contribution in [3.63, 3.8) is 0 Å². The van der Waals surface area contributed by atoms with E-state index in [1.54, 1.807) is 0 Å². The maximum absolute atomic E-state index is 11.8. The van der Waals surface area contributed by atoms with E-state index in [0.29, 0.717) is 12.6 Å². The third kappa shape index (κ3) is 3.65. The Morgan fingerprint density at radius 3 is 2.89 bits per heavy atom. The molecule has 0 saturated heterocycles. The summed E-state index contributed by atoms with van der Waals surface area (Å²) < 4.78 is 5.39. The highest BCUT2D eigenvalue weighted by Gasteiger charge is 2.16. The molecule has 4 nitrogen and oxygen atoms in total. The first-order chi connectivity index (χ1) is 8.78. The lowest BCUT2D eigenvalue weighted by atomic mass is 10.2. The van der Waals surface area contributed by atoms with Gasteiger partial charge in [-0.3, -0.25) is 0 Å². The zero-order chi connectivity index (χ0) is 12.8. The van der Waals surface area contributed by atoms with Crippen LogP contribution in [0.15, 0.2) is 24.3 Å². The number of anilines is 1. The molecular weight excluding hydrogens is 228 g/mol. The number of carbonyl (C=O) groups excluding carboxylic acids is 1. The van der Waals surface area contributed by atoms with Gasteiger partial charge in [0.15, 0.2) is 0 Å². The lowest BCUT2D eigenvalue weighted by Gasteiger charge is -2.13. The van der Waals surface area contributed by atoms with Crippen molar-refractivity contribution in [3.8, 4) is 5.75 Å². The number of benzene rings is 1. The van der Waals surface area contributed by atoms with Crippen LogP contribution in [0.2, 0.25) is 0 Å². The Balaban J connectivity index is 1.87. The predicted molar refractivity (Wildman–Crippen MR) is 72.0 cm³/mol. The monoisotopic (exact) mass is 248 g/mol. The zero-order valence-corrected chi connectivity index (χ0v) is 10.7. The Labute approximate surface area is 108 Å². The van der Waals surface area contributed by atoms with Crippen LogP contribution < -0.4 is 15.4 Å². The lowest BCUT2D eigenvalue weighted by molar-refractivity contribution is 0.248. The molecule has 2 N–H and O–H groups in total. The van der Waals surface area contributed by atoms with E-state index in [0.717, 1.165) is 24.3 Å². The minimum absolute atomic E-state index is 0.129. The molecule has 0 aromatic heterocycles. The Morgan fingerprint density at radius 2 is 2.17 bits per heavy atom. The minimum Gasteiger partial charge on any atom is -0.494 e. The molecule has 2 rings (SSSR count). The van der Waals surface area contributed by atoms with Gasteiger partial charge in [-0.1, -0.05) is 18.9 Å². The number of hydrogen-bond donors (Lipinski definition) is 2. The van der Waals surface area contributed by atoms with Crippen LogP contribution in [-0.4, -0.2) is 18.7 Å². The Hall–Kier alpha value is -1.71. The molecule has 1 fully saturated rings. The molecule has 98 valence electrons.